The highest BCUT2D eigenvalue weighted by atomic mass is 79.9. The molecule has 0 N–H and O–H groups in total. The Morgan fingerprint density at radius 2 is 0.917 bits per heavy atom. The van der Waals surface area contributed by atoms with Gasteiger partial charge in [0.15, 0.2) is 0 Å². The minimum absolute atomic E-state index is 0.837. The van der Waals surface area contributed by atoms with Crippen LogP contribution >= 0.6 is 109 Å². The molecule has 9 rings (SSSR count). The van der Waals surface area contributed by atoms with Gasteiger partial charge in [-0.1, -0.05) is 0 Å². The molecule has 0 saturated carbocycles. The minimum Gasteiger partial charge on any atom is -0.249 e. The molecule has 0 fully saturated rings. The molecule has 12 heteroatoms. The zero-order valence-electron chi connectivity index (χ0n) is 24.2. The fourth-order valence-electron chi connectivity index (χ4n) is 5.85. The number of hydrogen-bond acceptors (Lipinski definition) is 8. The predicted molar refractivity (Wildman–Crippen MR) is 222 cm³/mol. The summed E-state index contributed by atoms with van der Waals surface area (Å²) in [5.41, 5.74) is 11.0. The summed E-state index contributed by atoms with van der Waals surface area (Å²) >= 11 is 21.7. The molecule has 0 saturated heterocycles. The van der Waals surface area contributed by atoms with Crippen LogP contribution in [0.5, 0.6) is 0 Å². The van der Waals surface area contributed by atoms with Crippen LogP contribution in [0.1, 0.15) is 19.5 Å². The Morgan fingerprint density at radius 1 is 0.417 bits per heavy atom. The van der Waals surface area contributed by atoms with Crippen LogP contribution in [-0.4, -0.2) is 22.8 Å². The molecule has 4 nitrogen and oxygen atoms in total. The van der Waals surface area contributed by atoms with Crippen molar-refractivity contribution in [2.45, 2.75) is 0 Å². The standard InChI is InChI=1S/C36H16Br4N4S4/c37-28-9-5-24(45-28)22-15-21-14-19-2-1-17(41-19)13-18-3-4-20(42-18)16-23-32(25-6-10-29(38)46-25)33(26-7-11-30(39)47-26)36(44-23)34(35(22)43-21)27-8-12-31(40)48-27/h1-16H. The maximum atomic E-state index is 5.56. The summed E-state index contributed by atoms with van der Waals surface area (Å²) in [4.78, 5) is 25.2. The van der Waals surface area contributed by atoms with Crippen LogP contribution < -0.4 is 0 Å². The first-order chi connectivity index (χ1) is 23.3. The van der Waals surface area contributed by atoms with Gasteiger partial charge in [0.25, 0.3) is 0 Å². The second-order valence-electron chi connectivity index (χ2n) is 10.9. The van der Waals surface area contributed by atoms with Crippen molar-refractivity contribution in [2.75, 3.05) is 0 Å². The second-order valence-corrected chi connectivity index (χ2v) is 20.7. The van der Waals surface area contributed by atoms with E-state index >= 15 is 0 Å². The molecule has 9 heterocycles. The smallest absolute Gasteiger partial charge is 0.0839 e. The fourth-order valence-corrected chi connectivity index (χ4v) is 11.6. The Bertz CT molecular complexity index is 2490. The lowest BCUT2D eigenvalue weighted by Crippen LogP contribution is -2.05. The summed E-state index contributed by atoms with van der Waals surface area (Å²) in [7, 11) is 0. The monoisotopic (exact) mass is 948 g/mol. The third kappa shape index (κ3) is 5.83. The quantitative estimate of drug-likeness (QED) is 0.196. The van der Waals surface area contributed by atoms with Crippen molar-refractivity contribution in [1.82, 2.24) is 0 Å². The number of rotatable bonds is 4. The van der Waals surface area contributed by atoms with Gasteiger partial charge in [-0.15, -0.1) is 45.3 Å². The van der Waals surface area contributed by atoms with Gasteiger partial charge in [-0.2, -0.15) is 0 Å². The van der Waals surface area contributed by atoms with Gasteiger partial charge in [-0.25, -0.2) is 20.0 Å². The van der Waals surface area contributed by atoms with Gasteiger partial charge < -0.3 is 0 Å². The highest BCUT2D eigenvalue weighted by Gasteiger charge is 2.34. The molecule has 0 aromatic carbocycles. The van der Waals surface area contributed by atoms with E-state index in [1.807, 2.05) is 36.5 Å². The Labute approximate surface area is 325 Å². The lowest BCUT2D eigenvalue weighted by Gasteiger charge is -2.14. The normalized spacial score (nSPS) is 18.2. The molecule has 0 radical (unpaired) electrons. The van der Waals surface area contributed by atoms with Gasteiger partial charge in [0.05, 0.1) is 60.8 Å². The van der Waals surface area contributed by atoms with E-state index in [4.69, 9.17) is 20.0 Å². The van der Waals surface area contributed by atoms with E-state index in [1.165, 1.54) is 0 Å². The second kappa shape index (κ2) is 12.6. The molecule has 4 aromatic heterocycles. The van der Waals surface area contributed by atoms with Crippen molar-refractivity contribution >= 4 is 154 Å². The lowest BCUT2D eigenvalue weighted by molar-refractivity contribution is 1.42. The Balaban J connectivity index is 1.42. The van der Waals surface area contributed by atoms with Gasteiger partial charge >= 0.3 is 0 Å². The number of hydrogen-bond donors (Lipinski definition) is 0. The summed E-state index contributed by atoms with van der Waals surface area (Å²) in [6, 6.07) is 17.1. The molecule has 5 aliphatic rings. The van der Waals surface area contributed by atoms with Crippen LogP contribution in [0.25, 0.3) is 22.3 Å². The highest BCUT2D eigenvalue weighted by Crippen LogP contribution is 2.50. The number of halogens is 4. The number of thiophene rings is 4. The average Bonchev–Trinajstić information content (AvgIpc) is 3.88. The summed E-state index contributed by atoms with van der Waals surface area (Å²) in [6.07, 6.45) is 16.5. The molecular formula is C36H16Br4N4S4. The van der Waals surface area contributed by atoms with Gasteiger partial charge in [0, 0.05) is 41.8 Å². The van der Waals surface area contributed by atoms with Crippen molar-refractivity contribution in [3.05, 3.63) is 155 Å². The van der Waals surface area contributed by atoms with Gasteiger partial charge in [0.1, 0.15) is 0 Å². The summed E-state index contributed by atoms with van der Waals surface area (Å²) in [5.74, 6) is 0. The first kappa shape index (κ1) is 31.3. The lowest BCUT2D eigenvalue weighted by atomic mass is 9.93. The van der Waals surface area contributed by atoms with E-state index < -0.39 is 0 Å². The van der Waals surface area contributed by atoms with Gasteiger partial charge in [-0.05, 0) is 161 Å². The number of allylic oxidation sites excluding steroid dienone is 12. The van der Waals surface area contributed by atoms with Crippen molar-refractivity contribution in [2.24, 2.45) is 20.0 Å². The third-order valence-electron chi connectivity index (χ3n) is 7.78. The molecule has 8 bridgehead atoms. The van der Waals surface area contributed by atoms with Crippen molar-refractivity contribution in [3.8, 4) is 0 Å². The molecule has 0 amide bonds. The summed E-state index contributed by atoms with van der Waals surface area (Å²) in [6.45, 7) is 0. The van der Waals surface area contributed by atoms with Crippen LogP contribution in [0.15, 0.2) is 155 Å². The highest BCUT2D eigenvalue weighted by molar-refractivity contribution is 9.11. The zero-order valence-corrected chi connectivity index (χ0v) is 33.8. The summed E-state index contributed by atoms with van der Waals surface area (Å²) in [5, 5.41) is 0. The average molecular weight is 952 g/mol. The zero-order chi connectivity index (χ0) is 32.5. The van der Waals surface area contributed by atoms with Crippen LogP contribution in [0.3, 0.4) is 0 Å². The largest absolute Gasteiger partial charge is 0.249 e. The first-order valence-electron chi connectivity index (χ1n) is 14.5. The van der Waals surface area contributed by atoms with E-state index in [0.717, 1.165) is 103 Å². The number of fused-ring (bicyclic) bond motifs is 4. The van der Waals surface area contributed by atoms with Crippen LogP contribution in [0.2, 0.25) is 0 Å². The summed E-state index contributed by atoms with van der Waals surface area (Å²) < 4.78 is 4.21. The van der Waals surface area contributed by atoms with E-state index in [-0.39, 0.29) is 0 Å². The Kier molecular flexibility index (Phi) is 8.20. The maximum Gasteiger partial charge on any atom is 0.0839 e. The SMILES string of the molecule is Brc1ccc(C2=CC3=CC4=NC(=CC5=NC(=CC6=NC(=C(c7ccc(Br)s7)C2=N3)C(c2ccc(Br)s2)=C6c2ccc(Br)s2)C=C5)C=C4)s1. The topological polar surface area (TPSA) is 49.4 Å². The number of aliphatic imine (C=N–C) groups is 4. The molecule has 5 aliphatic heterocycles. The third-order valence-corrected chi connectivity index (χ3v) is 14.4. The predicted octanol–water partition coefficient (Wildman–Crippen LogP) is 13.0. The molecule has 0 aliphatic carbocycles. The van der Waals surface area contributed by atoms with Gasteiger partial charge in [-0.3, -0.25) is 0 Å². The van der Waals surface area contributed by atoms with Crippen molar-refractivity contribution in [3.63, 3.8) is 0 Å². The van der Waals surface area contributed by atoms with E-state index in [0.29, 0.717) is 0 Å². The van der Waals surface area contributed by atoms with Crippen LogP contribution in [-0.2, 0) is 0 Å². The first-order valence-corrected chi connectivity index (χ1v) is 20.9. The van der Waals surface area contributed by atoms with Gasteiger partial charge in [0.2, 0.25) is 0 Å². The minimum atomic E-state index is 0.837. The Morgan fingerprint density at radius 3 is 1.48 bits per heavy atom. The van der Waals surface area contributed by atoms with Crippen molar-refractivity contribution < 1.29 is 0 Å². The van der Waals surface area contributed by atoms with Crippen LogP contribution in [0, 0.1) is 0 Å². The molecule has 0 unspecified atom stereocenters. The molecule has 4 aromatic rings. The van der Waals surface area contributed by atoms with E-state index in [1.54, 1.807) is 45.3 Å². The molecule has 0 atom stereocenters. The molecule has 232 valence electrons. The van der Waals surface area contributed by atoms with E-state index in [9.17, 15) is 0 Å². The Hall–Kier alpha value is -2.68. The van der Waals surface area contributed by atoms with E-state index in [2.05, 4.69) is 124 Å². The van der Waals surface area contributed by atoms with Crippen molar-refractivity contribution in [1.29, 1.82) is 0 Å². The molecule has 0 spiro atoms. The molecule has 48 heavy (non-hydrogen) atoms. The maximum absolute atomic E-state index is 5.56. The fraction of sp³-hybridized carbons (Fsp3) is 0. The molecular weight excluding hydrogens is 936 g/mol. The van der Waals surface area contributed by atoms with Crippen LogP contribution in [0.4, 0.5) is 0 Å². The number of nitrogens with zero attached hydrogens (tertiary/aromatic N) is 4.